The lowest BCUT2D eigenvalue weighted by Crippen LogP contribution is -2.49. The molecule has 2 unspecified atom stereocenters. The van der Waals surface area contributed by atoms with Gasteiger partial charge in [0.25, 0.3) is 0 Å². The Labute approximate surface area is 115 Å². The van der Waals surface area contributed by atoms with Crippen LogP contribution in [0.1, 0.15) is 39.6 Å². The summed E-state index contributed by atoms with van der Waals surface area (Å²) >= 11 is 1.72. The molecule has 0 bridgehead atoms. The summed E-state index contributed by atoms with van der Waals surface area (Å²) in [5, 5.41) is 6.76. The van der Waals surface area contributed by atoms with Crippen LogP contribution in [0.4, 0.5) is 0 Å². The number of thiazole rings is 1. The molecule has 0 radical (unpaired) electrons. The fourth-order valence-electron chi connectivity index (χ4n) is 2.24. The molecule has 1 heterocycles. The van der Waals surface area contributed by atoms with Crippen LogP contribution in [0.15, 0.2) is 11.6 Å². The van der Waals surface area contributed by atoms with Crippen LogP contribution in [-0.2, 0) is 11.2 Å². The number of likely N-dealkylation sites (N-methyl/N-ethyl adjacent to an activating group) is 1. The average Bonchev–Trinajstić information content (AvgIpc) is 2.76. The lowest BCUT2D eigenvalue weighted by atomic mass is 9.83. The quantitative estimate of drug-likeness (QED) is 0.826. The number of hydrogen-bond donors (Lipinski definition) is 1. The second kappa shape index (κ2) is 7.22. The third-order valence-electron chi connectivity index (χ3n) is 2.91. The maximum absolute atomic E-state index is 5.98. The van der Waals surface area contributed by atoms with Gasteiger partial charge in [0, 0.05) is 30.6 Å². The number of aromatic nitrogens is 1. The first-order chi connectivity index (χ1) is 8.49. The predicted molar refractivity (Wildman–Crippen MR) is 78.2 cm³/mol. The number of rotatable bonds is 7. The molecule has 0 aliphatic heterocycles. The highest BCUT2D eigenvalue weighted by atomic mass is 32.1. The Bertz CT molecular complexity index is 319. The minimum atomic E-state index is 0.125. The maximum atomic E-state index is 5.98. The molecular weight excluding hydrogens is 244 g/mol. The summed E-state index contributed by atoms with van der Waals surface area (Å²) in [6, 6.07) is 0.320. The van der Waals surface area contributed by atoms with E-state index in [4.69, 9.17) is 4.74 Å². The summed E-state index contributed by atoms with van der Waals surface area (Å²) in [7, 11) is 0. The Balaban J connectivity index is 2.79. The summed E-state index contributed by atoms with van der Waals surface area (Å²) < 4.78 is 5.98. The summed E-state index contributed by atoms with van der Waals surface area (Å²) in [5.74, 6) is 0. The van der Waals surface area contributed by atoms with Gasteiger partial charge < -0.3 is 10.1 Å². The van der Waals surface area contributed by atoms with Crippen molar-refractivity contribution in [2.75, 3.05) is 13.2 Å². The minimum absolute atomic E-state index is 0.125. The first kappa shape index (κ1) is 15.6. The molecule has 4 heteroatoms. The molecule has 1 aromatic heterocycles. The molecular formula is C14H26N2OS. The first-order valence-electron chi connectivity index (χ1n) is 6.72. The van der Waals surface area contributed by atoms with E-state index >= 15 is 0 Å². The van der Waals surface area contributed by atoms with Gasteiger partial charge in [0.2, 0.25) is 0 Å². The van der Waals surface area contributed by atoms with Crippen molar-refractivity contribution in [2.45, 2.75) is 53.2 Å². The van der Waals surface area contributed by atoms with Crippen LogP contribution in [0, 0.1) is 5.41 Å². The molecule has 2 atom stereocenters. The monoisotopic (exact) mass is 270 g/mol. The van der Waals surface area contributed by atoms with Crippen LogP contribution in [0.3, 0.4) is 0 Å². The fourth-order valence-corrected chi connectivity index (χ4v) is 2.92. The highest BCUT2D eigenvalue weighted by molar-refractivity contribution is 7.09. The molecule has 1 aromatic rings. The van der Waals surface area contributed by atoms with Gasteiger partial charge in [-0.05, 0) is 18.9 Å². The average molecular weight is 270 g/mol. The molecule has 1 N–H and O–H groups in total. The largest absolute Gasteiger partial charge is 0.376 e. The molecule has 0 aliphatic carbocycles. The molecule has 0 amide bonds. The van der Waals surface area contributed by atoms with Crippen molar-refractivity contribution in [3.63, 3.8) is 0 Å². The van der Waals surface area contributed by atoms with Crippen LogP contribution >= 0.6 is 11.3 Å². The fraction of sp³-hybridized carbons (Fsp3) is 0.786. The van der Waals surface area contributed by atoms with Crippen molar-refractivity contribution in [2.24, 2.45) is 5.41 Å². The molecule has 0 spiro atoms. The van der Waals surface area contributed by atoms with E-state index in [0.717, 1.165) is 19.6 Å². The normalized spacial score (nSPS) is 15.6. The lowest BCUT2D eigenvalue weighted by Gasteiger charge is -2.37. The standard InChI is InChI=1S/C14H26N2OS/c1-6-15-11(10-12-16-8-9-18-12)13(17-7-2)14(3,4)5/h8-9,11,13,15H,6-7,10H2,1-5H3. The SMILES string of the molecule is CCNC(Cc1nccs1)C(OCC)C(C)(C)C. The third kappa shape index (κ3) is 4.67. The minimum Gasteiger partial charge on any atom is -0.376 e. The second-order valence-corrected chi connectivity index (χ2v) is 6.52. The second-order valence-electron chi connectivity index (χ2n) is 5.54. The van der Waals surface area contributed by atoms with Gasteiger partial charge in [-0.25, -0.2) is 4.98 Å². The van der Waals surface area contributed by atoms with Gasteiger partial charge in [0.05, 0.1) is 11.1 Å². The van der Waals surface area contributed by atoms with E-state index < -0.39 is 0 Å². The Hall–Kier alpha value is -0.450. The smallest absolute Gasteiger partial charge is 0.0941 e. The van der Waals surface area contributed by atoms with Gasteiger partial charge in [-0.2, -0.15) is 0 Å². The molecule has 0 saturated carbocycles. The molecule has 18 heavy (non-hydrogen) atoms. The van der Waals surface area contributed by atoms with E-state index in [2.05, 4.69) is 44.9 Å². The van der Waals surface area contributed by atoms with Crippen molar-refractivity contribution in [1.82, 2.24) is 10.3 Å². The van der Waals surface area contributed by atoms with E-state index in [9.17, 15) is 0 Å². The molecule has 3 nitrogen and oxygen atoms in total. The van der Waals surface area contributed by atoms with Crippen LogP contribution in [0.5, 0.6) is 0 Å². The zero-order valence-corrected chi connectivity index (χ0v) is 13.0. The van der Waals surface area contributed by atoms with Gasteiger partial charge in [0.15, 0.2) is 0 Å². The number of hydrogen-bond acceptors (Lipinski definition) is 4. The van der Waals surface area contributed by atoms with E-state index in [1.165, 1.54) is 5.01 Å². The van der Waals surface area contributed by atoms with Gasteiger partial charge >= 0.3 is 0 Å². The first-order valence-corrected chi connectivity index (χ1v) is 7.60. The summed E-state index contributed by atoms with van der Waals surface area (Å²) in [4.78, 5) is 4.39. The van der Waals surface area contributed by atoms with Crippen molar-refractivity contribution < 1.29 is 4.74 Å². The highest BCUT2D eigenvalue weighted by Gasteiger charge is 2.32. The van der Waals surface area contributed by atoms with Gasteiger partial charge in [-0.15, -0.1) is 11.3 Å². The van der Waals surface area contributed by atoms with Crippen molar-refractivity contribution >= 4 is 11.3 Å². The number of ether oxygens (including phenoxy) is 1. The Morgan fingerprint density at radius 1 is 1.39 bits per heavy atom. The number of nitrogens with zero attached hydrogens (tertiary/aromatic N) is 1. The molecule has 0 fully saturated rings. The van der Waals surface area contributed by atoms with E-state index in [1.807, 2.05) is 11.6 Å². The lowest BCUT2D eigenvalue weighted by molar-refractivity contribution is -0.0352. The van der Waals surface area contributed by atoms with Crippen LogP contribution in [0.25, 0.3) is 0 Å². The molecule has 104 valence electrons. The van der Waals surface area contributed by atoms with E-state index in [1.54, 1.807) is 11.3 Å². The van der Waals surface area contributed by atoms with E-state index in [-0.39, 0.29) is 11.5 Å². The zero-order chi connectivity index (χ0) is 13.6. The zero-order valence-electron chi connectivity index (χ0n) is 12.2. The number of nitrogens with one attached hydrogen (secondary N) is 1. The predicted octanol–water partition coefficient (Wildman–Crippen LogP) is 3.11. The summed E-state index contributed by atoms with van der Waals surface area (Å²) in [6.07, 6.45) is 3.01. The topological polar surface area (TPSA) is 34.2 Å². The van der Waals surface area contributed by atoms with Crippen LogP contribution in [0.2, 0.25) is 0 Å². The highest BCUT2D eigenvalue weighted by Crippen LogP contribution is 2.27. The van der Waals surface area contributed by atoms with Crippen LogP contribution in [-0.4, -0.2) is 30.3 Å². The summed E-state index contributed by atoms with van der Waals surface area (Å²) in [5.41, 5.74) is 0.125. The van der Waals surface area contributed by atoms with Crippen LogP contribution < -0.4 is 5.32 Å². The van der Waals surface area contributed by atoms with E-state index in [0.29, 0.717) is 6.04 Å². The molecule has 0 aromatic carbocycles. The maximum Gasteiger partial charge on any atom is 0.0941 e. The molecule has 1 rings (SSSR count). The third-order valence-corrected chi connectivity index (χ3v) is 3.71. The Morgan fingerprint density at radius 3 is 2.56 bits per heavy atom. The summed E-state index contributed by atoms with van der Waals surface area (Å²) in [6.45, 7) is 12.6. The van der Waals surface area contributed by atoms with Crippen molar-refractivity contribution in [1.29, 1.82) is 0 Å². The molecule has 0 aliphatic rings. The van der Waals surface area contributed by atoms with Crippen molar-refractivity contribution in [3.05, 3.63) is 16.6 Å². The van der Waals surface area contributed by atoms with Gasteiger partial charge in [-0.3, -0.25) is 0 Å². The molecule has 0 saturated heterocycles. The Morgan fingerprint density at radius 2 is 2.11 bits per heavy atom. The van der Waals surface area contributed by atoms with Crippen molar-refractivity contribution in [3.8, 4) is 0 Å². The van der Waals surface area contributed by atoms with Gasteiger partial charge in [0.1, 0.15) is 0 Å². The van der Waals surface area contributed by atoms with Gasteiger partial charge in [-0.1, -0.05) is 27.7 Å². The Kier molecular flexibility index (Phi) is 6.26.